The van der Waals surface area contributed by atoms with Gasteiger partial charge in [-0.05, 0) is 89.0 Å². The van der Waals surface area contributed by atoms with Gasteiger partial charge in [-0.3, -0.25) is 0 Å². The van der Waals surface area contributed by atoms with Crippen LogP contribution in [0.2, 0.25) is 0 Å². The van der Waals surface area contributed by atoms with Crippen molar-refractivity contribution in [1.82, 2.24) is 24.1 Å². The van der Waals surface area contributed by atoms with Crippen molar-refractivity contribution in [3.05, 3.63) is 224 Å². The summed E-state index contributed by atoms with van der Waals surface area (Å²) in [5, 5.41) is 4.85. The fourth-order valence-electron chi connectivity index (χ4n) is 9.02. The highest BCUT2D eigenvalue weighted by Crippen LogP contribution is 2.40. The molecule has 5 heteroatoms. The Hall–Kier alpha value is -8.41. The van der Waals surface area contributed by atoms with Gasteiger partial charge in [0.2, 0.25) is 0 Å². The van der Waals surface area contributed by atoms with Crippen LogP contribution in [0.25, 0.3) is 111 Å². The van der Waals surface area contributed by atoms with Gasteiger partial charge in [0.25, 0.3) is 0 Å². The minimum absolute atomic E-state index is 0.627. The number of hydrogen-bond acceptors (Lipinski definition) is 3. The molecule has 0 saturated heterocycles. The van der Waals surface area contributed by atoms with Crippen LogP contribution < -0.4 is 0 Å². The molecule has 0 aliphatic rings. The zero-order chi connectivity index (χ0) is 41.0. The van der Waals surface area contributed by atoms with E-state index in [0.717, 1.165) is 39.1 Å². The van der Waals surface area contributed by atoms with E-state index in [-0.39, 0.29) is 0 Å². The SMILES string of the molecule is c1ccc(-c2ccc3c(c2)c2cc(-c4ccc5c(c4)c4ccccc4n5-c4cccc(-c5nc(-c6ccccc6)nc(-c6ccccc6)n5)c4)ccc2n3-c2ccccc2)cc1. The molecule has 0 fully saturated rings. The Bertz CT molecular complexity index is 3550. The van der Waals surface area contributed by atoms with Crippen LogP contribution in [-0.2, 0) is 0 Å². The van der Waals surface area contributed by atoms with Gasteiger partial charge in [0, 0.05) is 49.6 Å². The molecule has 0 bridgehead atoms. The van der Waals surface area contributed by atoms with Crippen LogP contribution in [0.4, 0.5) is 0 Å². The van der Waals surface area contributed by atoms with E-state index in [0.29, 0.717) is 17.5 Å². The van der Waals surface area contributed by atoms with Gasteiger partial charge in [0.1, 0.15) is 0 Å². The van der Waals surface area contributed by atoms with E-state index < -0.39 is 0 Å². The molecule has 3 aromatic heterocycles. The maximum Gasteiger partial charge on any atom is 0.164 e. The number of rotatable bonds is 7. The standard InChI is InChI=1S/C57H37N5/c1-5-16-38(17-6-1)41-28-31-53-49(35-41)50-37-43(30-33-54(50)61(53)45-23-11-4-12-24-45)42-29-32-52-48(36-42)47-26-13-14-27-51(47)62(52)46-25-15-22-44(34-46)57-59-55(39-18-7-2-8-19-39)58-56(60-57)40-20-9-3-10-21-40/h1-37H. The first kappa shape index (κ1) is 35.5. The maximum absolute atomic E-state index is 5.04. The predicted molar refractivity (Wildman–Crippen MR) is 256 cm³/mol. The molecule has 0 amide bonds. The lowest BCUT2D eigenvalue weighted by molar-refractivity contribution is 1.07. The molecule has 12 aromatic rings. The molecule has 0 N–H and O–H groups in total. The van der Waals surface area contributed by atoms with E-state index in [9.17, 15) is 0 Å². The summed E-state index contributed by atoms with van der Waals surface area (Å²) in [4.78, 5) is 15.0. The van der Waals surface area contributed by atoms with Gasteiger partial charge >= 0.3 is 0 Å². The lowest BCUT2D eigenvalue weighted by Gasteiger charge is -2.12. The predicted octanol–water partition coefficient (Wildman–Crippen LogP) is 14.4. The number of hydrogen-bond donors (Lipinski definition) is 0. The molecular formula is C57H37N5. The van der Waals surface area contributed by atoms with Gasteiger partial charge < -0.3 is 9.13 Å². The Morgan fingerprint density at radius 2 is 0.597 bits per heavy atom. The van der Waals surface area contributed by atoms with Crippen LogP contribution >= 0.6 is 0 Å². The minimum Gasteiger partial charge on any atom is -0.309 e. The molecule has 0 saturated carbocycles. The molecule has 0 radical (unpaired) electrons. The summed E-state index contributed by atoms with van der Waals surface area (Å²) in [6.45, 7) is 0. The third-order valence-corrected chi connectivity index (χ3v) is 12.0. The first-order valence-electron chi connectivity index (χ1n) is 20.9. The summed E-state index contributed by atoms with van der Waals surface area (Å²) in [5.41, 5.74) is 14.4. The quantitative estimate of drug-likeness (QED) is 0.162. The lowest BCUT2D eigenvalue weighted by atomic mass is 9.99. The summed E-state index contributed by atoms with van der Waals surface area (Å²) in [6, 6.07) is 79.4. The molecule has 0 atom stereocenters. The topological polar surface area (TPSA) is 48.5 Å². The van der Waals surface area contributed by atoms with E-state index in [2.05, 4.69) is 173 Å². The highest BCUT2D eigenvalue weighted by Gasteiger charge is 2.18. The highest BCUT2D eigenvalue weighted by atomic mass is 15.0. The largest absolute Gasteiger partial charge is 0.309 e. The summed E-state index contributed by atoms with van der Waals surface area (Å²) >= 11 is 0. The minimum atomic E-state index is 0.627. The fourth-order valence-corrected chi connectivity index (χ4v) is 9.02. The molecular weight excluding hydrogens is 755 g/mol. The van der Waals surface area contributed by atoms with Gasteiger partial charge in [0.05, 0.1) is 22.1 Å². The lowest BCUT2D eigenvalue weighted by Crippen LogP contribution is -2.01. The van der Waals surface area contributed by atoms with E-state index in [4.69, 9.17) is 15.0 Å². The molecule has 0 spiro atoms. The normalized spacial score (nSPS) is 11.5. The second-order valence-electron chi connectivity index (χ2n) is 15.7. The smallest absolute Gasteiger partial charge is 0.164 e. The van der Waals surface area contributed by atoms with Crippen LogP contribution in [-0.4, -0.2) is 24.1 Å². The van der Waals surface area contributed by atoms with Crippen molar-refractivity contribution in [3.63, 3.8) is 0 Å². The average Bonchev–Trinajstić information content (AvgIpc) is 3.87. The molecule has 5 nitrogen and oxygen atoms in total. The third-order valence-electron chi connectivity index (χ3n) is 12.0. The first-order chi connectivity index (χ1) is 30.7. The molecule has 0 aliphatic carbocycles. The van der Waals surface area contributed by atoms with Crippen molar-refractivity contribution in [1.29, 1.82) is 0 Å². The van der Waals surface area contributed by atoms with Crippen molar-refractivity contribution in [3.8, 4) is 67.8 Å². The summed E-state index contributed by atoms with van der Waals surface area (Å²) in [7, 11) is 0. The van der Waals surface area contributed by atoms with Gasteiger partial charge in [-0.25, -0.2) is 15.0 Å². The van der Waals surface area contributed by atoms with Crippen molar-refractivity contribution >= 4 is 43.6 Å². The van der Waals surface area contributed by atoms with Crippen molar-refractivity contribution in [2.24, 2.45) is 0 Å². The summed E-state index contributed by atoms with van der Waals surface area (Å²) in [5.74, 6) is 1.91. The van der Waals surface area contributed by atoms with E-state index in [1.807, 2.05) is 60.7 Å². The number of aromatic nitrogens is 5. The Labute approximate surface area is 358 Å². The number of para-hydroxylation sites is 2. The van der Waals surface area contributed by atoms with Crippen LogP contribution in [0.1, 0.15) is 0 Å². The number of fused-ring (bicyclic) bond motifs is 6. The van der Waals surface area contributed by atoms with Crippen molar-refractivity contribution < 1.29 is 0 Å². The van der Waals surface area contributed by atoms with E-state index >= 15 is 0 Å². The zero-order valence-corrected chi connectivity index (χ0v) is 33.6. The van der Waals surface area contributed by atoms with Gasteiger partial charge in [-0.1, -0.05) is 158 Å². The first-order valence-corrected chi connectivity index (χ1v) is 20.9. The van der Waals surface area contributed by atoms with E-state index in [1.54, 1.807) is 0 Å². The monoisotopic (exact) mass is 791 g/mol. The van der Waals surface area contributed by atoms with Gasteiger partial charge in [-0.15, -0.1) is 0 Å². The highest BCUT2D eigenvalue weighted by molar-refractivity contribution is 6.13. The molecule has 9 aromatic carbocycles. The summed E-state index contributed by atoms with van der Waals surface area (Å²) in [6.07, 6.45) is 0. The van der Waals surface area contributed by atoms with Crippen LogP contribution in [0.3, 0.4) is 0 Å². The second kappa shape index (κ2) is 14.7. The Kier molecular flexibility index (Phi) is 8.42. The van der Waals surface area contributed by atoms with Crippen LogP contribution in [0.15, 0.2) is 224 Å². The molecule has 12 rings (SSSR count). The Morgan fingerprint density at radius 3 is 1.15 bits per heavy atom. The Balaban J connectivity index is 0.997. The van der Waals surface area contributed by atoms with Crippen molar-refractivity contribution in [2.75, 3.05) is 0 Å². The molecule has 0 unspecified atom stereocenters. The molecule has 0 aliphatic heterocycles. The molecule has 3 heterocycles. The number of nitrogens with zero attached hydrogens (tertiary/aromatic N) is 5. The maximum atomic E-state index is 5.04. The third kappa shape index (κ3) is 6.06. The molecule has 290 valence electrons. The second-order valence-corrected chi connectivity index (χ2v) is 15.7. The van der Waals surface area contributed by atoms with Crippen LogP contribution in [0.5, 0.6) is 0 Å². The van der Waals surface area contributed by atoms with Crippen LogP contribution in [0, 0.1) is 0 Å². The van der Waals surface area contributed by atoms with Gasteiger partial charge in [0.15, 0.2) is 17.5 Å². The van der Waals surface area contributed by atoms with Crippen molar-refractivity contribution in [2.45, 2.75) is 0 Å². The van der Waals surface area contributed by atoms with E-state index in [1.165, 1.54) is 54.8 Å². The average molecular weight is 792 g/mol. The summed E-state index contributed by atoms with van der Waals surface area (Å²) < 4.78 is 4.74. The number of benzene rings is 9. The molecule has 62 heavy (non-hydrogen) atoms. The fraction of sp³-hybridized carbons (Fsp3) is 0. The Morgan fingerprint density at radius 1 is 0.226 bits per heavy atom. The zero-order valence-electron chi connectivity index (χ0n) is 33.6. The van der Waals surface area contributed by atoms with Gasteiger partial charge in [-0.2, -0.15) is 0 Å².